The Balaban J connectivity index is 1.55. The Labute approximate surface area is 243 Å². The number of hydrogen-bond acceptors (Lipinski definition) is 11. The highest BCUT2D eigenvalue weighted by Crippen LogP contribution is 2.34. The maximum atomic E-state index is 13.2. The first-order valence-electron chi connectivity index (χ1n) is 13.0. The van der Waals surface area contributed by atoms with Gasteiger partial charge in [-0.1, -0.05) is 54.6 Å². The van der Waals surface area contributed by atoms with Gasteiger partial charge in [-0.25, -0.2) is 23.7 Å². The Morgan fingerprint density at radius 1 is 0.721 bits per heavy atom. The molecule has 43 heavy (non-hydrogen) atoms. The number of nitrogen functional groups attached to an aromatic ring is 2. The maximum Gasteiger partial charge on any atom is 0.338 e. The van der Waals surface area contributed by atoms with Crippen molar-refractivity contribution in [1.29, 1.82) is 0 Å². The van der Waals surface area contributed by atoms with Crippen LogP contribution in [0.5, 0.6) is 0 Å². The van der Waals surface area contributed by atoms with E-state index in [1.54, 1.807) is 54.6 Å². The van der Waals surface area contributed by atoms with Gasteiger partial charge in [0.05, 0.1) is 16.7 Å². The zero-order valence-corrected chi connectivity index (χ0v) is 22.5. The third-order valence-electron chi connectivity index (χ3n) is 6.63. The number of rotatable bonds is 8. The van der Waals surface area contributed by atoms with Gasteiger partial charge in [0.15, 0.2) is 18.4 Å². The fourth-order valence-corrected chi connectivity index (χ4v) is 4.48. The summed E-state index contributed by atoms with van der Waals surface area (Å²) in [5, 5.41) is 0. The minimum atomic E-state index is -1.67. The fourth-order valence-electron chi connectivity index (χ4n) is 4.48. The fraction of sp³-hybridized carbons (Fsp3) is 0.167. The summed E-state index contributed by atoms with van der Waals surface area (Å²) in [4.78, 5) is 67.5. The SMILES string of the molecule is Nc1[nH]c(=O)n(C2O[C@H](COC(=O)c3ccccc3)[C@@H](OC(=O)c3ccccc3)[C@H]2OC(=O)c2ccccc2)c(=O)c1N. The number of aromatic amines is 1. The number of ether oxygens (including phenoxy) is 4. The second kappa shape index (κ2) is 12.4. The molecule has 0 radical (unpaired) electrons. The minimum absolute atomic E-state index is 0.131. The van der Waals surface area contributed by atoms with E-state index in [1.165, 1.54) is 36.4 Å². The summed E-state index contributed by atoms with van der Waals surface area (Å²) in [6.07, 6.45) is -6.01. The molecule has 0 bridgehead atoms. The number of H-pyrrole nitrogens is 1. The molecule has 3 aromatic carbocycles. The largest absolute Gasteiger partial charge is 0.459 e. The predicted octanol–water partition coefficient (Wildman–Crippen LogP) is 1.91. The van der Waals surface area contributed by atoms with Crippen LogP contribution in [-0.4, -0.2) is 52.4 Å². The topological polar surface area (TPSA) is 195 Å². The number of nitrogens with two attached hydrogens (primary N) is 2. The molecule has 1 aliphatic rings. The Bertz CT molecular complexity index is 1740. The van der Waals surface area contributed by atoms with Crippen LogP contribution < -0.4 is 22.7 Å². The highest BCUT2D eigenvalue weighted by Gasteiger charge is 2.52. The van der Waals surface area contributed by atoms with E-state index in [1.807, 2.05) is 0 Å². The van der Waals surface area contributed by atoms with Gasteiger partial charge < -0.3 is 30.4 Å². The Morgan fingerprint density at radius 3 is 1.70 bits per heavy atom. The van der Waals surface area contributed by atoms with Crippen LogP contribution in [0.25, 0.3) is 0 Å². The number of esters is 3. The highest BCUT2D eigenvalue weighted by molar-refractivity contribution is 5.91. The average Bonchev–Trinajstić information content (AvgIpc) is 3.35. The zero-order chi connectivity index (χ0) is 30.5. The molecule has 0 saturated carbocycles. The third-order valence-corrected chi connectivity index (χ3v) is 6.63. The maximum absolute atomic E-state index is 13.2. The predicted molar refractivity (Wildman–Crippen MR) is 152 cm³/mol. The van der Waals surface area contributed by atoms with Crippen molar-refractivity contribution < 1.29 is 33.3 Å². The van der Waals surface area contributed by atoms with Crippen molar-refractivity contribution >= 4 is 29.4 Å². The number of hydrogen-bond donors (Lipinski definition) is 3. The van der Waals surface area contributed by atoms with Gasteiger partial charge in [-0.2, -0.15) is 0 Å². The molecule has 1 fully saturated rings. The van der Waals surface area contributed by atoms with E-state index in [-0.39, 0.29) is 22.5 Å². The van der Waals surface area contributed by atoms with Gasteiger partial charge in [0.2, 0.25) is 0 Å². The monoisotopic (exact) mass is 586 g/mol. The van der Waals surface area contributed by atoms with Crippen LogP contribution >= 0.6 is 0 Å². The first kappa shape index (κ1) is 28.8. The number of aromatic nitrogens is 2. The van der Waals surface area contributed by atoms with Crippen molar-refractivity contribution in [2.75, 3.05) is 18.1 Å². The summed E-state index contributed by atoms with van der Waals surface area (Å²) >= 11 is 0. The van der Waals surface area contributed by atoms with Crippen molar-refractivity contribution in [3.63, 3.8) is 0 Å². The second-order valence-corrected chi connectivity index (χ2v) is 9.43. The lowest BCUT2D eigenvalue weighted by atomic mass is 10.1. The van der Waals surface area contributed by atoms with Gasteiger partial charge >= 0.3 is 23.6 Å². The van der Waals surface area contributed by atoms with E-state index in [9.17, 15) is 24.0 Å². The first-order chi connectivity index (χ1) is 20.7. The van der Waals surface area contributed by atoms with Crippen LogP contribution in [0.1, 0.15) is 37.3 Å². The second-order valence-electron chi connectivity index (χ2n) is 9.43. The summed E-state index contributed by atoms with van der Waals surface area (Å²) in [5.41, 5.74) is 9.42. The molecule has 1 saturated heterocycles. The van der Waals surface area contributed by atoms with Crippen molar-refractivity contribution in [1.82, 2.24) is 9.55 Å². The number of carbonyl (C=O) groups is 3. The molecule has 4 atom stereocenters. The Kier molecular flexibility index (Phi) is 8.34. The number of nitrogens with one attached hydrogen (secondary N) is 1. The van der Waals surface area contributed by atoms with Crippen molar-refractivity contribution in [2.24, 2.45) is 0 Å². The Morgan fingerprint density at radius 2 is 1.19 bits per heavy atom. The quantitative estimate of drug-likeness (QED) is 0.202. The molecule has 0 amide bonds. The molecule has 220 valence electrons. The van der Waals surface area contributed by atoms with Crippen LogP contribution in [0.15, 0.2) is 101 Å². The van der Waals surface area contributed by atoms with E-state index in [0.717, 1.165) is 0 Å². The number of anilines is 2. The zero-order valence-electron chi connectivity index (χ0n) is 22.5. The normalized spacial score (nSPS) is 19.3. The average molecular weight is 587 g/mol. The lowest BCUT2D eigenvalue weighted by Crippen LogP contribution is -2.46. The van der Waals surface area contributed by atoms with Gasteiger partial charge in [0, 0.05) is 0 Å². The molecule has 1 aromatic heterocycles. The molecule has 4 aromatic rings. The van der Waals surface area contributed by atoms with Crippen LogP contribution in [0.2, 0.25) is 0 Å². The molecular weight excluding hydrogens is 560 g/mol. The van der Waals surface area contributed by atoms with Crippen LogP contribution in [0.4, 0.5) is 11.5 Å². The number of carbonyl (C=O) groups excluding carboxylic acids is 3. The number of benzene rings is 3. The summed E-state index contributed by atoms with van der Waals surface area (Å²) in [7, 11) is 0. The minimum Gasteiger partial charge on any atom is -0.459 e. The summed E-state index contributed by atoms with van der Waals surface area (Å²) in [6, 6.07) is 23.9. The number of nitrogens with zero attached hydrogens (tertiary/aromatic N) is 1. The molecule has 1 unspecified atom stereocenters. The van der Waals surface area contributed by atoms with E-state index in [0.29, 0.717) is 4.57 Å². The molecule has 13 nitrogen and oxygen atoms in total. The highest BCUT2D eigenvalue weighted by atomic mass is 16.7. The van der Waals surface area contributed by atoms with Crippen molar-refractivity contribution in [3.8, 4) is 0 Å². The van der Waals surface area contributed by atoms with Gasteiger partial charge in [0.1, 0.15) is 24.2 Å². The lowest BCUT2D eigenvalue weighted by molar-refractivity contribution is -0.0651. The van der Waals surface area contributed by atoms with Gasteiger partial charge in [-0.15, -0.1) is 0 Å². The smallest absolute Gasteiger partial charge is 0.338 e. The van der Waals surface area contributed by atoms with Crippen molar-refractivity contribution in [3.05, 3.63) is 129 Å². The first-order valence-corrected chi connectivity index (χ1v) is 13.0. The van der Waals surface area contributed by atoms with Gasteiger partial charge in [-0.05, 0) is 36.4 Å². The molecule has 5 N–H and O–H groups in total. The van der Waals surface area contributed by atoms with E-state index in [4.69, 9.17) is 30.4 Å². The summed E-state index contributed by atoms with van der Waals surface area (Å²) in [5.74, 6) is -2.78. The standard InChI is InChI=1S/C30H26N4O9/c31-21-24(32)33-30(39)34(25(21)35)26-23(43-29(38)19-14-8-3-9-15-19)22(42-28(37)18-12-6-2-7-13-18)20(41-26)16-40-27(36)17-10-4-1-5-11-17/h1-15,20,22-23,26H,16,31-32H2,(H,33,39)/t20-,22-,23-,26?/m1/s1. The van der Waals surface area contributed by atoms with Crippen LogP contribution in [0.3, 0.4) is 0 Å². The molecule has 2 heterocycles. The van der Waals surface area contributed by atoms with Gasteiger partial charge in [0.25, 0.3) is 5.56 Å². The molecule has 0 aliphatic carbocycles. The van der Waals surface area contributed by atoms with Gasteiger partial charge in [-0.3, -0.25) is 9.78 Å². The molecule has 5 rings (SSSR count). The van der Waals surface area contributed by atoms with E-state index >= 15 is 0 Å². The summed E-state index contributed by atoms with van der Waals surface area (Å²) < 4.78 is 23.5. The molecular formula is C30H26N4O9. The molecule has 13 heteroatoms. The lowest BCUT2D eigenvalue weighted by Gasteiger charge is -2.25. The van der Waals surface area contributed by atoms with Crippen LogP contribution in [0, 0.1) is 0 Å². The Hall–Kier alpha value is -5.69. The van der Waals surface area contributed by atoms with Crippen LogP contribution in [-0.2, 0) is 18.9 Å². The summed E-state index contributed by atoms with van der Waals surface area (Å²) in [6.45, 7) is -0.506. The van der Waals surface area contributed by atoms with Crippen molar-refractivity contribution in [2.45, 2.75) is 24.5 Å². The molecule has 1 aliphatic heterocycles. The van der Waals surface area contributed by atoms with E-state index < -0.39 is 66.0 Å². The van der Waals surface area contributed by atoms with E-state index in [2.05, 4.69) is 4.98 Å². The third kappa shape index (κ3) is 6.16. The molecule has 0 spiro atoms.